The first-order valence-corrected chi connectivity index (χ1v) is 6.08. The summed E-state index contributed by atoms with van der Waals surface area (Å²) >= 11 is 0. The average molecular weight is 314 g/mol. The van der Waals surface area contributed by atoms with Gasteiger partial charge in [-0.25, -0.2) is 4.79 Å². The Morgan fingerprint density at radius 1 is 1.41 bits per heavy atom. The minimum absolute atomic E-state index is 0.0298. The molecule has 5 nitrogen and oxygen atoms in total. The quantitative estimate of drug-likeness (QED) is 0.378. The SMILES string of the molecule is COCCOC(=O)C(C#N)=CNc1cccc(C(F)(F)F)c1. The molecule has 0 heterocycles. The monoisotopic (exact) mass is 314 g/mol. The Morgan fingerprint density at radius 3 is 2.73 bits per heavy atom. The summed E-state index contributed by atoms with van der Waals surface area (Å²) in [4.78, 5) is 11.5. The third kappa shape index (κ3) is 5.46. The van der Waals surface area contributed by atoms with E-state index in [1.54, 1.807) is 6.07 Å². The van der Waals surface area contributed by atoms with Gasteiger partial charge in [0, 0.05) is 19.0 Å². The lowest BCUT2D eigenvalue weighted by Crippen LogP contribution is -2.12. The summed E-state index contributed by atoms with van der Waals surface area (Å²) in [6, 6.07) is 5.97. The lowest BCUT2D eigenvalue weighted by Gasteiger charge is -2.08. The van der Waals surface area contributed by atoms with Crippen LogP contribution in [0.4, 0.5) is 18.9 Å². The fraction of sp³-hybridized carbons (Fsp3) is 0.286. The summed E-state index contributed by atoms with van der Waals surface area (Å²) in [5.74, 6) is -0.890. The van der Waals surface area contributed by atoms with Crippen molar-refractivity contribution in [2.24, 2.45) is 0 Å². The fourth-order valence-corrected chi connectivity index (χ4v) is 1.37. The number of carbonyl (C=O) groups excluding carboxylic acids is 1. The first-order valence-electron chi connectivity index (χ1n) is 6.08. The molecule has 8 heteroatoms. The molecule has 118 valence electrons. The third-order valence-corrected chi connectivity index (χ3v) is 2.43. The van der Waals surface area contributed by atoms with Gasteiger partial charge < -0.3 is 14.8 Å². The molecular formula is C14H13F3N2O3. The number of alkyl halides is 3. The molecule has 1 rings (SSSR count). The summed E-state index contributed by atoms with van der Waals surface area (Å²) in [6.07, 6.45) is -3.48. The highest BCUT2D eigenvalue weighted by atomic mass is 19.4. The van der Waals surface area contributed by atoms with Crippen LogP contribution < -0.4 is 5.32 Å². The van der Waals surface area contributed by atoms with Gasteiger partial charge in [0.05, 0.1) is 12.2 Å². The van der Waals surface area contributed by atoms with Crippen molar-refractivity contribution in [3.05, 3.63) is 41.6 Å². The molecule has 1 aromatic carbocycles. The molecule has 0 aliphatic carbocycles. The van der Waals surface area contributed by atoms with Crippen LogP contribution in [-0.4, -0.2) is 26.3 Å². The van der Waals surface area contributed by atoms with Crippen LogP contribution in [0.2, 0.25) is 0 Å². The summed E-state index contributed by atoms with van der Waals surface area (Å²) in [5, 5.41) is 11.3. The molecule has 0 radical (unpaired) electrons. The van der Waals surface area contributed by atoms with Gasteiger partial charge in [-0.05, 0) is 18.2 Å². The Bertz CT molecular complexity index is 592. The van der Waals surface area contributed by atoms with Crippen LogP contribution in [0, 0.1) is 11.3 Å². The number of nitrogens with zero attached hydrogens (tertiary/aromatic N) is 1. The molecule has 1 aromatic rings. The predicted molar refractivity (Wildman–Crippen MR) is 71.6 cm³/mol. The van der Waals surface area contributed by atoms with Crippen LogP contribution >= 0.6 is 0 Å². The van der Waals surface area contributed by atoms with Crippen molar-refractivity contribution in [2.75, 3.05) is 25.6 Å². The van der Waals surface area contributed by atoms with Crippen molar-refractivity contribution >= 4 is 11.7 Å². The number of anilines is 1. The standard InChI is InChI=1S/C14H13F3N2O3/c1-21-5-6-22-13(20)10(8-18)9-19-12-4-2-3-11(7-12)14(15,16)17/h2-4,7,9,19H,5-6H2,1H3. The minimum Gasteiger partial charge on any atom is -0.459 e. The van der Waals surface area contributed by atoms with Crippen molar-refractivity contribution in [3.63, 3.8) is 0 Å². The minimum atomic E-state index is -4.47. The van der Waals surface area contributed by atoms with Crippen LogP contribution in [0.3, 0.4) is 0 Å². The van der Waals surface area contributed by atoms with Crippen molar-refractivity contribution in [1.82, 2.24) is 0 Å². The zero-order chi connectivity index (χ0) is 16.6. The number of rotatable bonds is 6. The lowest BCUT2D eigenvalue weighted by atomic mass is 10.2. The molecule has 0 saturated heterocycles. The summed E-state index contributed by atoms with van der Waals surface area (Å²) < 4.78 is 47.1. The summed E-state index contributed by atoms with van der Waals surface area (Å²) in [6.45, 7) is 0.142. The van der Waals surface area contributed by atoms with Gasteiger partial charge in [-0.2, -0.15) is 18.4 Å². The lowest BCUT2D eigenvalue weighted by molar-refractivity contribution is -0.140. The molecule has 0 bridgehead atoms. The second kappa shape index (κ2) is 8.05. The van der Waals surface area contributed by atoms with E-state index < -0.39 is 17.7 Å². The highest BCUT2D eigenvalue weighted by Gasteiger charge is 2.30. The van der Waals surface area contributed by atoms with E-state index in [4.69, 9.17) is 10.00 Å². The Hall–Kier alpha value is -2.53. The van der Waals surface area contributed by atoms with Gasteiger partial charge in [0.2, 0.25) is 0 Å². The molecule has 0 aliphatic heterocycles. The first-order chi connectivity index (χ1) is 10.4. The van der Waals surface area contributed by atoms with Gasteiger partial charge in [0.15, 0.2) is 5.57 Å². The van der Waals surface area contributed by atoms with Gasteiger partial charge in [0.1, 0.15) is 12.7 Å². The van der Waals surface area contributed by atoms with Gasteiger partial charge in [-0.1, -0.05) is 6.07 Å². The molecule has 0 aromatic heterocycles. The van der Waals surface area contributed by atoms with Gasteiger partial charge in [-0.15, -0.1) is 0 Å². The normalized spacial score (nSPS) is 11.7. The van der Waals surface area contributed by atoms with Gasteiger partial charge >= 0.3 is 12.1 Å². The molecule has 0 atom stereocenters. The number of nitriles is 1. The second-order valence-corrected chi connectivity index (χ2v) is 4.02. The van der Waals surface area contributed by atoms with E-state index in [1.165, 1.54) is 19.2 Å². The van der Waals surface area contributed by atoms with E-state index in [-0.39, 0.29) is 24.5 Å². The number of hydrogen-bond acceptors (Lipinski definition) is 5. The van der Waals surface area contributed by atoms with Crippen LogP contribution in [0.1, 0.15) is 5.56 Å². The molecule has 0 spiro atoms. The number of ether oxygens (including phenoxy) is 2. The number of hydrogen-bond donors (Lipinski definition) is 1. The van der Waals surface area contributed by atoms with E-state index >= 15 is 0 Å². The average Bonchev–Trinajstić information content (AvgIpc) is 2.47. The molecule has 1 N–H and O–H groups in total. The van der Waals surface area contributed by atoms with Crippen LogP contribution in [0.25, 0.3) is 0 Å². The summed E-state index contributed by atoms with van der Waals surface area (Å²) in [7, 11) is 1.42. The van der Waals surface area contributed by atoms with Crippen molar-refractivity contribution < 1.29 is 27.4 Å². The summed E-state index contributed by atoms with van der Waals surface area (Å²) in [5.41, 5.74) is -1.12. The highest BCUT2D eigenvalue weighted by Crippen LogP contribution is 2.30. The van der Waals surface area contributed by atoms with Crippen molar-refractivity contribution in [2.45, 2.75) is 6.18 Å². The van der Waals surface area contributed by atoms with E-state index in [0.29, 0.717) is 0 Å². The maximum atomic E-state index is 12.6. The Balaban J connectivity index is 2.77. The van der Waals surface area contributed by atoms with E-state index in [0.717, 1.165) is 18.3 Å². The molecule has 0 amide bonds. The molecular weight excluding hydrogens is 301 g/mol. The number of esters is 1. The molecule has 0 fully saturated rings. The van der Waals surface area contributed by atoms with Gasteiger partial charge in [-0.3, -0.25) is 0 Å². The first kappa shape index (κ1) is 17.5. The third-order valence-electron chi connectivity index (χ3n) is 2.43. The zero-order valence-corrected chi connectivity index (χ0v) is 11.6. The number of halogens is 3. The predicted octanol–water partition coefficient (Wildman–Crippen LogP) is 2.71. The van der Waals surface area contributed by atoms with E-state index in [1.807, 2.05) is 0 Å². The maximum Gasteiger partial charge on any atom is 0.416 e. The molecule has 22 heavy (non-hydrogen) atoms. The topological polar surface area (TPSA) is 71.3 Å². The van der Waals surface area contributed by atoms with Crippen LogP contribution in [0.5, 0.6) is 0 Å². The highest BCUT2D eigenvalue weighted by molar-refractivity contribution is 5.93. The van der Waals surface area contributed by atoms with E-state index in [2.05, 4.69) is 10.1 Å². The largest absolute Gasteiger partial charge is 0.459 e. The smallest absolute Gasteiger partial charge is 0.416 e. The Labute approximate surface area is 124 Å². The Kier molecular flexibility index (Phi) is 6.41. The van der Waals surface area contributed by atoms with Crippen LogP contribution in [-0.2, 0) is 20.4 Å². The molecule has 0 saturated carbocycles. The molecule has 0 unspecified atom stereocenters. The second-order valence-electron chi connectivity index (χ2n) is 4.02. The number of benzene rings is 1. The molecule has 0 aliphatic rings. The number of nitrogens with one attached hydrogen (secondary N) is 1. The van der Waals surface area contributed by atoms with Gasteiger partial charge in [0.25, 0.3) is 0 Å². The number of methoxy groups -OCH3 is 1. The van der Waals surface area contributed by atoms with Crippen molar-refractivity contribution in [1.29, 1.82) is 5.26 Å². The van der Waals surface area contributed by atoms with Crippen LogP contribution in [0.15, 0.2) is 36.0 Å². The van der Waals surface area contributed by atoms with Crippen molar-refractivity contribution in [3.8, 4) is 6.07 Å². The zero-order valence-electron chi connectivity index (χ0n) is 11.6. The maximum absolute atomic E-state index is 12.6. The Morgan fingerprint density at radius 2 is 2.14 bits per heavy atom. The number of carbonyl (C=O) groups is 1. The van der Waals surface area contributed by atoms with E-state index in [9.17, 15) is 18.0 Å². The fourth-order valence-electron chi connectivity index (χ4n) is 1.37.